The molecule has 8 heteroatoms. The largest absolute Gasteiger partial charge is 0.477 e. The first kappa shape index (κ1) is 18.4. The van der Waals surface area contributed by atoms with Gasteiger partial charge in [-0.25, -0.2) is 4.79 Å². The van der Waals surface area contributed by atoms with Crippen molar-refractivity contribution in [3.63, 3.8) is 0 Å². The number of carbonyl (C=O) groups excluding carboxylic acids is 2. The maximum atomic E-state index is 11.7. The van der Waals surface area contributed by atoms with E-state index in [1.165, 1.54) is 19.2 Å². The van der Waals surface area contributed by atoms with Crippen molar-refractivity contribution in [1.82, 2.24) is 5.32 Å². The molecule has 1 unspecified atom stereocenters. The Hall–Kier alpha value is -2.64. The minimum absolute atomic E-state index is 0.00721. The molecule has 1 aromatic carbocycles. The molecule has 0 aromatic heterocycles. The van der Waals surface area contributed by atoms with Crippen molar-refractivity contribution in [3.05, 3.63) is 33.9 Å². The minimum Gasteiger partial charge on any atom is -0.477 e. The van der Waals surface area contributed by atoms with Crippen LogP contribution in [-0.4, -0.2) is 36.6 Å². The van der Waals surface area contributed by atoms with Gasteiger partial charge in [-0.15, -0.1) is 0 Å². The van der Waals surface area contributed by atoms with Gasteiger partial charge in [0.2, 0.25) is 0 Å². The van der Waals surface area contributed by atoms with E-state index in [1.807, 2.05) is 13.8 Å². The van der Waals surface area contributed by atoms with Gasteiger partial charge in [0, 0.05) is 12.1 Å². The summed E-state index contributed by atoms with van der Waals surface area (Å²) in [6, 6.07) is 3.67. The standard InChI is InChI=1S/C15H20N2O6/c1-4-5-10(2)16-14(18)9-23-13-7-6-11(15(19)22-3)8-12(13)17(20)21/h6-8,10H,4-5,9H2,1-3H3,(H,16,18). The van der Waals surface area contributed by atoms with Crippen LogP contribution in [0.3, 0.4) is 0 Å². The smallest absolute Gasteiger partial charge is 0.338 e. The zero-order valence-electron chi connectivity index (χ0n) is 13.3. The van der Waals surface area contributed by atoms with Gasteiger partial charge in [-0.2, -0.15) is 0 Å². The van der Waals surface area contributed by atoms with E-state index in [-0.39, 0.29) is 29.9 Å². The lowest BCUT2D eigenvalue weighted by Crippen LogP contribution is -2.36. The predicted octanol–water partition coefficient (Wildman–Crippen LogP) is 2.06. The monoisotopic (exact) mass is 324 g/mol. The highest BCUT2D eigenvalue weighted by Gasteiger charge is 2.20. The van der Waals surface area contributed by atoms with Crippen LogP contribution in [-0.2, 0) is 9.53 Å². The van der Waals surface area contributed by atoms with Gasteiger partial charge in [0.25, 0.3) is 5.91 Å². The zero-order chi connectivity index (χ0) is 17.4. The highest BCUT2D eigenvalue weighted by atomic mass is 16.6. The van der Waals surface area contributed by atoms with Gasteiger partial charge in [0.15, 0.2) is 12.4 Å². The van der Waals surface area contributed by atoms with Crippen molar-refractivity contribution in [1.29, 1.82) is 0 Å². The van der Waals surface area contributed by atoms with E-state index in [1.54, 1.807) is 0 Å². The number of hydrogen-bond donors (Lipinski definition) is 1. The summed E-state index contributed by atoms with van der Waals surface area (Å²) < 4.78 is 9.71. The number of amides is 1. The number of nitrogens with zero attached hydrogens (tertiary/aromatic N) is 1. The molecule has 0 aliphatic heterocycles. The number of benzene rings is 1. The minimum atomic E-state index is -0.689. The molecular weight excluding hydrogens is 304 g/mol. The lowest BCUT2D eigenvalue weighted by molar-refractivity contribution is -0.385. The van der Waals surface area contributed by atoms with Crippen LogP contribution in [0.25, 0.3) is 0 Å². The summed E-state index contributed by atoms with van der Waals surface area (Å²) in [6.07, 6.45) is 1.77. The van der Waals surface area contributed by atoms with Gasteiger partial charge >= 0.3 is 11.7 Å². The number of nitro groups is 1. The Morgan fingerprint density at radius 1 is 1.39 bits per heavy atom. The molecule has 0 heterocycles. The average Bonchev–Trinajstić information content (AvgIpc) is 2.52. The number of nitro benzene ring substituents is 1. The molecule has 8 nitrogen and oxygen atoms in total. The molecular formula is C15H20N2O6. The molecule has 0 radical (unpaired) electrons. The molecule has 1 N–H and O–H groups in total. The van der Waals surface area contributed by atoms with E-state index in [0.29, 0.717) is 0 Å². The van der Waals surface area contributed by atoms with Crippen LogP contribution in [0.15, 0.2) is 18.2 Å². The predicted molar refractivity (Wildman–Crippen MR) is 82.4 cm³/mol. The first-order valence-corrected chi connectivity index (χ1v) is 7.18. The first-order chi connectivity index (χ1) is 10.9. The fourth-order valence-corrected chi connectivity index (χ4v) is 1.99. The molecule has 1 aromatic rings. The molecule has 126 valence electrons. The second-order valence-corrected chi connectivity index (χ2v) is 4.98. The van der Waals surface area contributed by atoms with Crippen LogP contribution in [0.2, 0.25) is 0 Å². The quantitative estimate of drug-likeness (QED) is 0.445. The molecule has 1 amide bonds. The third-order valence-corrected chi connectivity index (χ3v) is 3.06. The highest BCUT2D eigenvalue weighted by Crippen LogP contribution is 2.28. The van der Waals surface area contributed by atoms with E-state index in [9.17, 15) is 19.7 Å². The fraction of sp³-hybridized carbons (Fsp3) is 0.467. The second-order valence-electron chi connectivity index (χ2n) is 4.98. The first-order valence-electron chi connectivity index (χ1n) is 7.18. The topological polar surface area (TPSA) is 108 Å². The summed E-state index contributed by atoms with van der Waals surface area (Å²) in [5.41, 5.74) is -0.366. The average molecular weight is 324 g/mol. The van der Waals surface area contributed by atoms with E-state index in [4.69, 9.17) is 4.74 Å². The lowest BCUT2D eigenvalue weighted by atomic mass is 10.2. The van der Waals surface area contributed by atoms with Crippen molar-refractivity contribution in [3.8, 4) is 5.75 Å². The second kappa shape index (κ2) is 8.72. The van der Waals surface area contributed by atoms with Crippen molar-refractivity contribution in [2.45, 2.75) is 32.7 Å². The van der Waals surface area contributed by atoms with E-state index in [0.717, 1.165) is 18.9 Å². The Balaban J connectivity index is 2.78. The number of carbonyl (C=O) groups is 2. The van der Waals surface area contributed by atoms with Gasteiger partial charge in [-0.3, -0.25) is 14.9 Å². The van der Waals surface area contributed by atoms with Crippen LogP contribution in [0, 0.1) is 10.1 Å². The molecule has 0 saturated heterocycles. The van der Waals surface area contributed by atoms with Crippen LogP contribution >= 0.6 is 0 Å². The zero-order valence-corrected chi connectivity index (χ0v) is 13.3. The summed E-state index contributed by atoms with van der Waals surface area (Å²) in [7, 11) is 1.18. The maximum absolute atomic E-state index is 11.7. The normalized spacial score (nSPS) is 11.4. The van der Waals surface area contributed by atoms with Crippen molar-refractivity contribution >= 4 is 17.6 Å². The number of rotatable bonds is 8. The van der Waals surface area contributed by atoms with E-state index < -0.39 is 16.6 Å². The van der Waals surface area contributed by atoms with E-state index >= 15 is 0 Å². The third-order valence-electron chi connectivity index (χ3n) is 3.06. The van der Waals surface area contributed by atoms with Crippen LogP contribution in [0.1, 0.15) is 37.0 Å². The molecule has 0 aliphatic rings. The molecule has 0 saturated carbocycles. The summed E-state index contributed by atoms with van der Waals surface area (Å²) in [5.74, 6) is -1.14. The van der Waals surface area contributed by atoms with Crippen molar-refractivity contribution in [2.75, 3.05) is 13.7 Å². The molecule has 0 fully saturated rings. The highest BCUT2D eigenvalue weighted by molar-refractivity contribution is 5.90. The molecule has 1 atom stereocenters. The van der Waals surface area contributed by atoms with Crippen LogP contribution < -0.4 is 10.1 Å². The molecule has 0 bridgehead atoms. The third kappa shape index (κ3) is 5.57. The lowest BCUT2D eigenvalue weighted by Gasteiger charge is -2.13. The van der Waals surface area contributed by atoms with Gasteiger partial charge in [0.1, 0.15) is 0 Å². The number of esters is 1. The number of hydrogen-bond acceptors (Lipinski definition) is 6. The maximum Gasteiger partial charge on any atom is 0.338 e. The SMILES string of the molecule is CCCC(C)NC(=O)COc1ccc(C(=O)OC)cc1[N+](=O)[O-]. The number of ether oxygens (including phenoxy) is 2. The van der Waals surface area contributed by atoms with Gasteiger partial charge in [-0.05, 0) is 25.5 Å². The van der Waals surface area contributed by atoms with Gasteiger partial charge < -0.3 is 14.8 Å². The van der Waals surface area contributed by atoms with Crippen molar-refractivity contribution in [2.24, 2.45) is 0 Å². The summed E-state index contributed by atoms with van der Waals surface area (Å²) in [5, 5.41) is 13.8. The van der Waals surface area contributed by atoms with Crippen LogP contribution in [0.5, 0.6) is 5.75 Å². The summed E-state index contributed by atoms with van der Waals surface area (Å²) in [6.45, 7) is 3.53. The molecule has 0 spiro atoms. The number of nitrogens with one attached hydrogen (secondary N) is 1. The Bertz CT molecular complexity index is 587. The van der Waals surface area contributed by atoms with E-state index in [2.05, 4.69) is 10.1 Å². The Kier molecular flexibility index (Phi) is 6.98. The molecule has 23 heavy (non-hydrogen) atoms. The van der Waals surface area contributed by atoms with Gasteiger partial charge in [0.05, 0.1) is 17.6 Å². The van der Waals surface area contributed by atoms with Gasteiger partial charge in [-0.1, -0.05) is 13.3 Å². The van der Waals surface area contributed by atoms with Crippen molar-refractivity contribution < 1.29 is 24.0 Å². The summed E-state index contributed by atoms with van der Waals surface area (Å²) in [4.78, 5) is 33.5. The Labute approximate surface area is 133 Å². The fourth-order valence-electron chi connectivity index (χ4n) is 1.99. The Morgan fingerprint density at radius 2 is 2.09 bits per heavy atom. The van der Waals surface area contributed by atoms with Crippen LogP contribution in [0.4, 0.5) is 5.69 Å². The number of methoxy groups -OCH3 is 1. The molecule has 1 rings (SSSR count). The summed E-state index contributed by atoms with van der Waals surface area (Å²) >= 11 is 0. The molecule has 0 aliphatic carbocycles. The Morgan fingerprint density at radius 3 is 2.65 bits per heavy atom.